The highest BCUT2D eigenvalue weighted by molar-refractivity contribution is 9.10. The van der Waals surface area contributed by atoms with Gasteiger partial charge in [0.25, 0.3) is 0 Å². The molecule has 2 aromatic rings. The van der Waals surface area contributed by atoms with Crippen molar-refractivity contribution < 1.29 is 4.79 Å². The van der Waals surface area contributed by atoms with Crippen LogP contribution in [0, 0.1) is 6.92 Å². The lowest BCUT2D eigenvalue weighted by atomic mass is 10.1. The van der Waals surface area contributed by atoms with Crippen molar-refractivity contribution in [2.24, 2.45) is 0 Å². The molecule has 1 aromatic carbocycles. The molecule has 1 aliphatic rings. The van der Waals surface area contributed by atoms with Gasteiger partial charge in [0, 0.05) is 16.4 Å². The van der Waals surface area contributed by atoms with Gasteiger partial charge in [0.05, 0.1) is 12.5 Å². The molecule has 1 amide bonds. The van der Waals surface area contributed by atoms with Gasteiger partial charge in [-0.05, 0) is 48.6 Å². The van der Waals surface area contributed by atoms with Crippen molar-refractivity contribution in [3.63, 3.8) is 0 Å². The van der Waals surface area contributed by atoms with Crippen molar-refractivity contribution in [1.82, 2.24) is 10.3 Å². The Morgan fingerprint density at radius 3 is 3.00 bits per heavy atom. The Labute approximate surface area is 132 Å². The molecule has 0 fully saturated rings. The number of halogens is 1. The molecule has 1 heterocycles. The summed E-state index contributed by atoms with van der Waals surface area (Å²) in [6.45, 7) is 1.94. The molecule has 0 saturated carbocycles. The van der Waals surface area contributed by atoms with Crippen LogP contribution in [0.1, 0.15) is 34.8 Å². The van der Waals surface area contributed by atoms with Crippen molar-refractivity contribution in [3.8, 4) is 0 Å². The number of aryl methyl sites for hydroxylation is 1. The molecule has 108 valence electrons. The smallest absolute Gasteiger partial charge is 0.224 e. The molecule has 0 radical (unpaired) electrons. The molecular formula is C17H17BrN2O. The number of carbonyl (C=O) groups excluding carboxylic acids is 1. The molecule has 0 bridgehead atoms. The zero-order valence-corrected chi connectivity index (χ0v) is 13.5. The number of amides is 1. The van der Waals surface area contributed by atoms with Crippen LogP contribution in [0.5, 0.6) is 0 Å². The number of hydrogen-bond acceptors (Lipinski definition) is 2. The van der Waals surface area contributed by atoms with Crippen LogP contribution in [0.4, 0.5) is 0 Å². The summed E-state index contributed by atoms with van der Waals surface area (Å²) < 4.78 is 1.14. The lowest BCUT2D eigenvalue weighted by Crippen LogP contribution is -2.28. The van der Waals surface area contributed by atoms with E-state index in [1.165, 1.54) is 11.1 Å². The average Bonchev–Trinajstić information content (AvgIpc) is 2.86. The number of pyridine rings is 1. The molecule has 1 unspecified atom stereocenters. The Bertz CT molecular complexity index is 667. The maximum absolute atomic E-state index is 12.2. The summed E-state index contributed by atoms with van der Waals surface area (Å²) in [5.41, 5.74) is 4.47. The molecule has 3 rings (SSSR count). The number of fused-ring (bicyclic) bond motifs is 1. The Hall–Kier alpha value is -1.68. The topological polar surface area (TPSA) is 42.0 Å². The SMILES string of the molecule is Cc1ccc(CC(=O)NC2CCc3c(Br)cccc32)cn1. The van der Waals surface area contributed by atoms with E-state index in [-0.39, 0.29) is 11.9 Å². The second-order valence-corrected chi connectivity index (χ2v) is 6.31. The van der Waals surface area contributed by atoms with E-state index < -0.39 is 0 Å². The molecule has 3 nitrogen and oxygen atoms in total. The van der Waals surface area contributed by atoms with Gasteiger partial charge in [0.1, 0.15) is 0 Å². The first-order chi connectivity index (χ1) is 10.1. The van der Waals surface area contributed by atoms with E-state index in [9.17, 15) is 4.79 Å². The van der Waals surface area contributed by atoms with Gasteiger partial charge in [0.2, 0.25) is 5.91 Å². The van der Waals surface area contributed by atoms with E-state index in [4.69, 9.17) is 0 Å². The summed E-state index contributed by atoms with van der Waals surface area (Å²) in [6, 6.07) is 10.2. The number of rotatable bonds is 3. The van der Waals surface area contributed by atoms with E-state index >= 15 is 0 Å². The number of nitrogens with zero attached hydrogens (tertiary/aromatic N) is 1. The monoisotopic (exact) mass is 344 g/mol. The molecular weight excluding hydrogens is 328 g/mol. The molecule has 1 aromatic heterocycles. The third kappa shape index (κ3) is 3.16. The maximum atomic E-state index is 12.2. The van der Waals surface area contributed by atoms with E-state index in [2.05, 4.69) is 38.4 Å². The first-order valence-electron chi connectivity index (χ1n) is 7.11. The minimum Gasteiger partial charge on any atom is -0.349 e. The Balaban J connectivity index is 1.67. The van der Waals surface area contributed by atoms with Crippen LogP contribution in [-0.2, 0) is 17.6 Å². The molecule has 0 aliphatic heterocycles. The van der Waals surface area contributed by atoms with Crippen molar-refractivity contribution in [1.29, 1.82) is 0 Å². The highest BCUT2D eigenvalue weighted by Gasteiger charge is 2.25. The number of nitrogens with one attached hydrogen (secondary N) is 1. The Morgan fingerprint density at radius 2 is 2.24 bits per heavy atom. The fourth-order valence-electron chi connectivity index (χ4n) is 2.79. The van der Waals surface area contributed by atoms with Gasteiger partial charge >= 0.3 is 0 Å². The highest BCUT2D eigenvalue weighted by Crippen LogP contribution is 2.35. The standard InChI is InChI=1S/C17H17BrN2O/c1-11-5-6-12(10-19-11)9-17(21)20-16-8-7-13-14(16)3-2-4-15(13)18/h2-6,10,16H,7-9H2,1H3,(H,20,21). The minimum absolute atomic E-state index is 0.0541. The first-order valence-corrected chi connectivity index (χ1v) is 7.91. The largest absolute Gasteiger partial charge is 0.349 e. The van der Waals surface area contributed by atoms with Crippen LogP contribution in [0.15, 0.2) is 41.0 Å². The quantitative estimate of drug-likeness (QED) is 0.925. The number of hydrogen-bond donors (Lipinski definition) is 1. The highest BCUT2D eigenvalue weighted by atomic mass is 79.9. The second kappa shape index (κ2) is 5.98. The summed E-state index contributed by atoms with van der Waals surface area (Å²) in [7, 11) is 0. The van der Waals surface area contributed by atoms with Gasteiger partial charge in [-0.1, -0.05) is 34.1 Å². The Morgan fingerprint density at radius 1 is 1.38 bits per heavy atom. The summed E-state index contributed by atoms with van der Waals surface area (Å²) in [5.74, 6) is 0.0541. The van der Waals surface area contributed by atoms with Gasteiger partial charge in [0.15, 0.2) is 0 Å². The third-order valence-corrected chi connectivity index (χ3v) is 4.63. The maximum Gasteiger partial charge on any atom is 0.224 e. The van der Waals surface area contributed by atoms with Crippen molar-refractivity contribution >= 4 is 21.8 Å². The van der Waals surface area contributed by atoms with E-state index in [0.29, 0.717) is 6.42 Å². The van der Waals surface area contributed by atoms with E-state index in [0.717, 1.165) is 28.6 Å². The van der Waals surface area contributed by atoms with Crippen LogP contribution in [0.2, 0.25) is 0 Å². The fourth-order valence-corrected chi connectivity index (χ4v) is 3.37. The molecule has 1 atom stereocenters. The summed E-state index contributed by atoms with van der Waals surface area (Å²) >= 11 is 3.58. The van der Waals surface area contributed by atoms with Crippen molar-refractivity contribution in [2.75, 3.05) is 0 Å². The van der Waals surface area contributed by atoms with Crippen LogP contribution >= 0.6 is 15.9 Å². The molecule has 0 spiro atoms. The van der Waals surface area contributed by atoms with Crippen LogP contribution < -0.4 is 5.32 Å². The lowest BCUT2D eigenvalue weighted by Gasteiger charge is -2.14. The van der Waals surface area contributed by atoms with Crippen LogP contribution in [-0.4, -0.2) is 10.9 Å². The molecule has 0 saturated heterocycles. The fraction of sp³-hybridized carbons (Fsp3) is 0.294. The zero-order chi connectivity index (χ0) is 14.8. The van der Waals surface area contributed by atoms with Crippen LogP contribution in [0.25, 0.3) is 0 Å². The Kier molecular flexibility index (Phi) is 4.06. The summed E-state index contributed by atoms with van der Waals surface area (Å²) in [5, 5.41) is 3.14. The van der Waals surface area contributed by atoms with Crippen molar-refractivity contribution in [2.45, 2.75) is 32.2 Å². The van der Waals surface area contributed by atoms with Crippen LogP contribution in [0.3, 0.4) is 0 Å². The summed E-state index contributed by atoms with van der Waals surface area (Å²) in [6.07, 6.45) is 4.13. The predicted octanol–water partition coefficient (Wildman–Crippen LogP) is 3.50. The third-order valence-electron chi connectivity index (χ3n) is 3.89. The molecule has 1 aliphatic carbocycles. The number of benzene rings is 1. The van der Waals surface area contributed by atoms with Gasteiger partial charge in [-0.15, -0.1) is 0 Å². The van der Waals surface area contributed by atoms with Gasteiger partial charge in [-0.2, -0.15) is 0 Å². The molecule has 21 heavy (non-hydrogen) atoms. The number of carbonyl (C=O) groups is 1. The molecule has 1 N–H and O–H groups in total. The zero-order valence-electron chi connectivity index (χ0n) is 11.9. The summed E-state index contributed by atoms with van der Waals surface area (Å²) in [4.78, 5) is 16.4. The van der Waals surface area contributed by atoms with Gasteiger partial charge < -0.3 is 5.32 Å². The normalized spacial score (nSPS) is 16.6. The van der Waals surface area contributed by atoms with E-state index in [1.54, 1.807) is 6.20 Å². The van der Waals surface area contributed by atoms with E-state index in [1.807, 2.05) is 25.1 Å². The first kappa shape index (κ1) is 14.3. The average molecular weight is 345 g/mol. The van der Waals surface area contributed by atoms with Gasteiger partial charge in [-0.25, -0.2) is 0 Å². The predicted molar refractivity (Wildman–Crippen MR) is 86.0 cm³/mol. The number of aromatic nitrogens is 1. The minimum atomic E-state index is 0.0541. The molecule has 4 heteroatoms. The van der Waals surface area contributed by atoms with Gasteiger partial charge in [-0.3, -0.25) is 9.78 Å². The lowest BCUT2D eigenvalue weighted by molar-refractivity contribution is -0.121. The van der Waals surface area contributed by atoms with Crippen molar-refractivity contribution in [3.05, 3.63) is 63.4 Å². The second-order valence-electron chi connectivity index (χ2n) is 5.45.